The number of ether oxygens (including phenoxy) is 1. The summed E-state index contributed by atoms with van der Waals surface area (Å²) in [6.07, 6.45) is 2.53. The molecule has 1 aromatic rings. The molecule has 0 aliphatic carbocycles. The number of nitrogens with zero attached hydrogens (tertiary/aromatic N) is 2. The number of sulfonamides is 1. The zero-order chi connectivity index (χ0) is 15.3. The van der Waals surface area contributed by atoms with E-state index in [-0.39, 0.29) is 23.6 Å². The fourth-order valence-corrected chi connectivity index (χ4v) is 5.53. The molecule has 2 fully saturated rings. The standard InChI is InChI=1S/C15H20N2O4S/c18-10-11-3-2-7-17(11)13-4-1-5-14-15(13)22(19,20)16-8-6-12(9-16)21-14/h1,4-5,11-12,18H,2-3,6-10H2/t11-,12+/m0/s1. The quantitative estimate of drug-likeness (QED) is 0.871. The van der Waals surface area contributed by atoms with Gasteiger partial charge in [-0.2, -0.15) is 4.31 Å². The number of benzene rings is 1. The van der Waals surface area contributed by atoms with Gasteiger partial charge in [0.2, 0.25) is 10.0 Å². The summed E-state index contributed by atoms with van der Waals surface area (Å²) >= 11 is 0. The molecule has 2 bridgehead atoms. The molecule has 3 aliphatic heterocycles. The van der Waals surface area contributed by atoms with Crippen LogP contribution < -0.4 is 9.64 Å². The Morgan fingerprint density at radius 2 is 2.14 bits per heavy atom. The highest BCUT2D eigenvalue weighted by molar-refractivity contribution is 7.89. The maximum atomic E-state index is 13.0. The van der Waals surface area contributed by atoms with E-state index in [0.29, 0.717) is 24.5 Å². The van der Waals surface area contributed by atoms with E-state index in [0.717, 1.165) is 25.8 Å². The van der Waals surface area contributed by atoms with Crippen LogP contribution in [0.4, 0.5) is 5.69 Å². The first-order valence-electron chi connectivity index (χ1n) is 7.78. The van der Waals surface area contributed by atoms with Gasteiger partial charge in [0.25, 0.3) is 0 Å². The van der Waals surface area contributed by atoms with Crippen LogP contribution in [0.25, 0.3) is 0 Å². The predicted molar refractivity (Wildman–Crippen MR) is 81.7 cm³/mol. The zero-order valence-electron chi connectivity index (χ0n) is 12.3. The van der Waals surface area contributed by atoms with E-state index in [4.69, 9.17) is 4.74 Å². The molecule has 1 N–H and O–H groups in total. The zero-order valence-corrected chi connectivity index (χ0v) is 13.1. The SMILES string of the molecule is O=S1(=O)c2c(cccc2N2CCC[C@H]2CO)O[C@@H]2CCN1C2. The Morgan fingerprint density at radius 3 is 2.95 bits per heavy atom. The van der Waals surface area contributed by atoms with Crippen LogP contribution >= 0.6 is 0 Å². The summed E-state index contributed by atoms with van der Waals surface area (Å²) in [7, 11) is -3.54. The van der Waals surface area contributed by atoms with Gasteiger partial charge in [0.1, 0.15) is 16.7 Å². The summed E-state index contributed by atoms with van der Waals surface area (Å²) in [6.45, 7) is 1.75. The summed E-state index contributed by atoms with van der Waals surface area (Å²) in [5, 5.41) is 9.56. The Labute approximate surface area is 130 Å². The number of hydrogen-bond donors (Lipinski definition) is 1. The highest BCUT2D eigenvalue weighted by atomic mass is 32.2. The molecule has 2 saturated heterocycles. The van der Waals surface area contributed by atoms with Crippen LogP contribution in [0.15, 0.2) is 23.1 Å². The van der Waals surface area contributed by atoms with E-state index in [2.05, 4.69) is 0 Å². The van der Waals surface area contributed by atoms with E-state index in [9.17, 15) is 13.5 Å². The molecule has 0 amide bonds. The molecule has 0 spiro atoms. The lowest BCUT2D eigenvalue weighted by molar-refractivity contribution is 0.215. The molecule has 0 radical (unpaired) electrons. The van der Waals surface area contributed by atoms with Crippen molar-refractivity contribution in [2.45, 2.75) is 36.3 Å². The van der Waals surface area contributed by atoms with Crippen LogP contribution in [0.3, 0.4) is 0 Å². The van der Waals surface area contributed by atoms with Crippen molar-refractivity contribution in [1.82, 2.24) is 4.31 Å². The molecular formula is C15H20N2O4S. The second-order valence-corrected chi connectivity index (χ2v) is 8.04. The van der Waals surface area contributed by atoms with Crippen LogP contribution in [0.1, 0.15) is 19.3 Å². The third kappa shape index (κ3) is 2.03. The van der Waals surface area contributed by atoms with Crippen molar-refractivity contribution >= 4 is 15.7 Å². The van der Waals surface area contributed by atoms with Gasteiger partial charge in [0.05, 0.1) is 24.9 Å². The highest BCUT2D eigenvalue weighted by Crippen LogP contribution is 2.42. The third-order valence-electron chi connectivity index (χ3n) is 4.85. The molecule has 3 atom stereocenters. The van der Waals surface area contributed by atoms with Crippen LogP contribution in [-0.2, 0) is 10.0 Å². The van der Waals surface area contributed by atoms with Crippen molar-refractivity contribution in [1.29, 1.82) is 0 Å². The van der Waals surface area contributed by atoms with E-state index in [1.165, 1.54) is 4.31 Å². The van der Waals surface area contributed by atoms with Crippen molar-refractivity contribution in [2.24, 2.45) is 0 Å². The third-order valence-corrected chi connectivity index (χ3v) is 6.79. The summed E-state index contributed by atoms with van der Waals surface area (Å²) < 4.78 is 33.5. The van der Waals surface area contributed by atoms with Gasteiger partial charge >= 0.3 is 0 Å². The minimum absolute atomic E-state index is 0.0165. The number of hydrogen-bond acceptors (Lipinski definition) is 5. The Bertz CT molecular complexity index is 691. The largest absolute Gasteiger partial charge is 0.487 e. The molecule has 1 unspecified atom stereocenters. The second-order valence-electron chi connectivity index (χ2n) is 6.17. The summed E-state index contributed by atoms with van der Waals surface area (Å²) in [6, 6.07) is 5.39. The molecule has 6 nitrogen and oxygen atoms in total. The lowest BCUT2D eigenvalue weighted by Gasteiger charge is -2.29. The van der Waals surface area contributed by atoms with Gasteiger partial charge in [-0.15, -0.1) is 0 Å². The van der Waals surface area contributed by atoms with Crippen molar-refractivity contribution in [3.05, 3.63) is 18.2 Å². The topological polar surface area (TPSA) is 70.1 Å². The van der Waals surface area contributed by atoms with Crippen LogP contribution in [0, 0.1) is 0 Å². The van der Waals surface area contributed by atoms with Gasteiger partial charge in [-0.3, -0.25) is 0 Å². The average molecular weight is 324 g/mol. The fourth-order valence-electron chi connectivity index (χ4n) is 3.75. The van der Waals surface area contributed by atoms with E-state index in [1.807, 2.05) is 17.0 Å². The minimum atomic E-state index is -3.54. The van der Waals surface area contributed by atoms with Gasteiger partial charge < -0.3 is 14.7 Å². The average Bonchev–Trinajstić information content (AvgIpc) is 3.13. The summed E-state index contributed by atoms with van der Waals surface area (Å²) in [5.41, 5.74) is 0.668. The normalized spacial score (nSPS) is 32.4. The van der Waals surface area contributed by atoms with Crippen molar-refractivity contribution in [3.8, 4) is 5.75 Å². The van der Waals surface area contributed by atoms with E-state index >= 15 is 0 Å². The van der Waals surface area contributed by atoms with Gasteiger partial charge in [-0.25, -0.2) is 8.42 Å². The number of anilines is 1. The number of aliphatic hydroxyl groups is 1. The highest BCUT2D eigenvalue weighted by Gasteiger charge is 2.42. The Morgan fingerprint density at radius 1 is 1.27 bits per heavy atom. The first kappa shape index (κ1) is 14.3. The van der Waals surface area contributed by atoms with E-state index in [1.54, 1.807) is 6.07 Å². The van der Waals surface area contributed by atoms with Crippen LogP contribution in [0.2, 0.25) is 0 Å². The van der Waals surface area contributed by atoms with Crippen molar-refractivity contribution in [3.63, 3.8) is 0 Å². The maximum absolute atomic E-state index is 13.0. The smallest absolute Gasteiger partial charge is 0.248 e. The Kier molecular flexibility index (Phi) is 3.32. The van der Waals surface area contributed by atoms with Gasteiger partial charge in [-0.1, -0.05) is 6.07 Å². The maximum Gasteiger partial charge on any atom is 0.248 e. The molecular weight excluding hydrogens is 304 g/mol. The van der Waals surface area contributed by atoms with Gasteiger partial charge in [-0.05, 0) is 31.4 Å². The number of aliphatic hydroxyl groups excluding tert-OH is 1. The Hall–Kier alpha value is -1.31. The fraction of sp³-hybridized carbons (Fsp3) is 0.600. The van der Waals surface area contributed by atoms with Crippen molar-refractivity contribution < 1.29 is 18.3 Å². The molecule has 7 heteroatoms. The van der Waals surface area contributed by atoms with Gasteiger partial charge in [0, 0.05) is 13.1 Å². The molecule has 0 saturated carbocycles. The molecule has 3 aliphatic rings. The molecule has 0 aromatic heterocycles. The molecule has 120 valence electrons. The molecule has 4 rings (SSSR count). The first-order valence-corrected chi connectivity index (χ1v) is 9.22. The molecule has 3 heterocycles. The van der Waals surface area contributed by atoms with Crippen LogP contribution in [0.5, 0.6) is 5.75 Å². The Balaban J connectivity index is 1.88. The summed E-state index contributed by atoms with van der Waals surface area (Å²) in [4.78, 5) is 2.29. The lowest BCUT2D eigenvalue weighted by Crippen LogP contribution is -2.35. The first-order chi connectivity index (χ1) is 10.6. The monoisotopic (exact) mass is 324 g/mol. The molecule has 1 aromatic carbocycles. The second kappa shape index (κ2) is 5.11. The minimum Gasteiger partial charge on any atom is -0.487 e. The lowest BCUT2D eigenvalue weighted by atomic mass is 10.2. The van der Waals surface area contributed by atoms with Crippen LogP contribution in [-0.4, -0.2) is 56.2 Å². The summed E-state index contributed by atoms with van der Waals surface area (Å²) in [5.74, 6) is 0.452. The van der Waals surface area contributed by atoms with E-state index < -0.39 is 10.0 Å². The predicted octanol–water partition coefficient (Wildman–Crippen LogP) is 0.803. The number of fused-ring (bicyclic) bond motifs is 3. The molecule has 22 heavy (non-hydrogen) atoms. The van der Waals surface area contributed by atoms with Gasteiger partial charge in [0.15, 0.2) is 0 Å². The van der Waals surface area contributed by atoms with Crippen molar-refractivity contribution in [2.75, 3.05) is 31.1 Å². The number of rotatable bonds is 2.